The summed E-state index contributed by atoms with van der Waals surface area (Å²) < 4.78 is 7.66. The number of rotatable bonds is 7. The maximum absolute atomic E-state index is 12.3. The van der Waals surface area contributed by atoms with Gasteiger partial charge in [-0.3, -0.25) is 9.20 Å². The molecular formula is C18H20N4O2. The first-order valence-electron chi connectivity index (χ1n) is 8.06. The highest BCUT2D eigenvalue weighted by Gasteiger charge is 2.18. The Hall–Kier alpha value is -2.89. The molecule has 1 amide bonds. The van der Waals surface area contributed by atoms with Gasteiger partial charge in [-0.05, 0) is 30.7 Å². The van der Waals surface area contributed by atoms with Gasteiger partial charge in [-0.1, -0.05) is 31.2 Å². The van der Waals surface area contributed by atoms with Crippen LogP contribution in [0.4, 0.5) is 0 Å². The van der Waals surface area contributed by atoms with Crippen LogP contribution in [-0.4, -0.2) is 33.2 Å². The number of carbonyl (C=O) groups is 1. The van der Waals surface area contributed by atoms with E-state index in [0.29, 0.717) is 25.1 Å². The van der Waals surface area contributed by atoms with E-state index in [0.717, 1.165) is 11.5 Å². The molecule has 0 aliphatic heterocycles. The fourth-order valence-corrected chi connectivity index (χ4v) is 2.46. The normalized spacial score (nSPS) is 12.0. The van der Waals surface area contributed by atoms with Crippen LogP contribution in [0.2, 0.25) is 0 Å². The van der Waals surface area contributed by atoms with E-state index in [1.165, 1.54) is 0 Å². The molecule has 24 heavy (non-hydrogen) atoms. The van der Waals surface area contributed by atoms with Crippen LogP contribution in [0.1, 0.15) is 19.2 Å². The third-order valence-electron chi connectivity index (χ3n) is 3.72. The average Bonchev–Trinajstić information content (AvgIpc) is 3.04. The smallest absolute Gasteiger partial charge is 0.261 e. The predicted molar refractivity (Wildman–Crippen MR) is 90.8 cm³/mol. The molecule has 0 spiro atoms. The quantitative estimate of drug-likeness (QED) is 0.724. The van der Waals surface area contributed by atoms with Crippen LogP contribution >= 0.6 is 0 Å². The number of amides is 1. The van der Waals surface area contributed by atoms with Crippen LogP contribution in [0.25, 0.3) is 5.65 Å². The van der Waals surface area contributed by atoms with E-state index >= 15 is 0 Å². The molecular weight excluding hydrogens is 304 g/mol. The Kier molecular flexibility index (Phi) is 5.05. The van der Waals surface area contributed by atoms with E-state index in [9.17, 15) is 4.79 Å². The zero-order valence-corrected chi connectivity index (χ0v) is 13.6. The van der Waals surface area contributed by atoms with Crippen molar-refractivity contribution >= 4 is 11.6 Å². The van der Waals surface area contributed by atoms with Crippen LogP contribution in [0.15, 0.2) is 54.7 Å². The van der Waals surface area contributed by atoms with Gasteiger partial charge in [-0.25, -0.2) is 0 Å². The van der Waals surface area contributed by atoms with Crippen LogP contribution in [0.3, 0.4) is 0 Å². The third kappa shape index (κ3) is 3.71. The Morgan fingerprint density at radius 3 is 2.75 bits per heavy atom. The van der Waals surface area contributed by atoms with Gasteiger partial charge >= 0.3 is 0 Å². The summed E-state index contributed by atoms with van der Waals surface area (Å²) in [5.41, 5.74) is 0.803. The second-order valence-corrected chi connectivity index (χ2v) is 5.41. The minimum Gasteiger partial charge on any atom is -0.481 e. The van der Waals surface area contributed by atoms with Crippen molar-refractivity contribution < 1.29 is 9.53 Å². The van der Waals surface area contributed by atoms with Crippen LogP contribution in [-0.2, 0) is 11.2 Å². The van der Waals surface area contributed by atoms with Gasteiger partial charge in [0.15, 0.2) is 11.8 Å². The van der Waals surface area contributed by atoms with E-state index < -0.39 is 6.10 Å². The minimum atomic E-state index is -0.498. The molecule has 1 atom stereocenters. The van der Waals surface area contributed by atoms with Crippen molar-refractivity contribution in [3.05, 3.63) is 60.6 Å². The number of ether oxygens (including phenoxy) is 1. The molecule has 124 valence electrons. The molecule has 6 nitrogen and oxygen atoms in total. The highest BCUT2D eigenvalue weighted by Crippen LogP contribution is 2.12. The van der Waals surface area contributed by atoms with E-state index in [1.807, 2.05) is 66.1 Å². The number of fused-ring (bicyclic) bond motifs is 1. The number of carbonyl (C=O) groups excluding carboxylic acids is 1. The predicted octanol–water partition coefficient (Wildman–Crippen LogP) is 2.25. The molecule has 0 saturated heterocycles. The summed E-state index contributed by atoms with van der Waals surface area (Å²) in [4.78, 5) is 12.3. The number of nitrogens with one attached hydrogen (secondary N) is 1. The van der Waals surface area contributed by atoms with Crippen molar-refractivity contribution in [2.45, 2.75) is 25.9 Å². The number of hydrogen-bond acceptors (Lipinski definition) is 4. The summed E-state index contributed by atoms with van der Waals surface area (Å²) in [5.74, 6) is 1.40. The highest BCUT2D eigenvalue weighted by atomic mass is 16.5. The number of nitrogens with zero attached hydrogens (tertiary/aromatic N) is 3. The lowest BCUT2D eigenvalue weighted by Crippen LogP contribution is -2.39. The maximum atomic E-state index is 12.3. The number of aromatic nitrogens is 3. The van der Waals surface area contributed by atoms with Gasteiger partial charge in [-0.2, -0.15) is 0 Å². The van der Waals surface area contributed by atoms with Gasteiger partial charge in [0.2, 0.25) is 0 Å². The van der Waals surface area contributed by atoms with Gasteiger partial charge < -0.3 is 10.1 Å². The number of pyridine rings is 1. The van der Waals surface area contributed by atoms with Crippen LogP contribution < -0.4 is 10.1 Å². The van der Waals surface area contributed by atoms with Gasteiger partial charge in [0.1, 0.15) is 11.6 Å². The Morgan fingerprint density at radius 2 is 1.96 bits per heavy atom. The molecule has 0 fully saturated rings. The van der Waals surface area contributed by atoms with Crippen molar-refractivity contribution in [1.29, 1.82) is 0 Å². The van der Waals surface area contributed by atoms with Crippen molar-refractivity contribution in [3.63, 3.8) is 0 Å². The topological polar surface area (TPSA) is 68.5 Å². The second kappa shape index (κ2) is 7.59. The van der Waals surface area contributed by atoms with Gasteiger partial charge in [0, 0.05) is 19.2 Å². The average molecular weight is 324 g/mol. The third-order valence-corrected chi connectivity index (χ3v) is 3.72. The van der Waals surface area contributed by atoms with Crippen LogP contribution in [0, 0.1) is 0 Å². The molecule has 3 rings (SSSR count). The van der Waals surface area contributed by atoms with Crippen molar-refractivity contribution in [2.75, 3.05) is 6.54 Å². The summed E-state index contributed by atoms with van der Waals surface area (Å²) in [5, 5.41) is 11.2. The lowest BCUT2D eigenvalue weighted by atomic mass is 10.2. The first-order valence-corrected chi connectivity index (χ1v) is 8.06. The lowest BCUT2D eigenvalue weighted by molar-refractivity contribution is -0.128. The molecule has 6 heteroatoms. The van der Waals surface area contributed by atoms with E-state index in [-0.39, 0.29) is 5.91 Å². The van der Waals surface area contributed by atoms with Gasteiger partial charge in [-0.15, -0.1) is 10.2 Å². The Morgan fingerprint density at radius 1 is 1.17 bits per heavy atom. The molecule has 0 aliphatic carbocycles. The Balaban J connectivity index is 1.54. The fourth-order valence-electron chi connectivity index (χ4n) is 2.46. The first kappa shape index (κ1) is 16.0. The van der Waals surface area contributed by atoms with E-state index in [1.54, 1.807) is 0 Å². The molecule has 2 aromatic heterocycles. The zero-order chi connectivity index (χ0) is 16.8. The summed E-state index contributed by atoms with van der Waals surface area (Å²) >= 11 is 0. The standard InChI is InChI=1S/C18H20N4O2/c1-2-15(24-14-8-4-3-5-9-14)18(23)19-12-11-17-21-20-16-10-6-7-13-22(16)17/h3-10,13,15H,2,11-12H2,1H3,(H,19,23). The Labute approximate surface area is 140 Å². The summed E-state index contributed by atoms with van der Waals surface area (Å²) in [6.07, 6.45) is 2.63. The number of benzene rings is 1. The highest BCUT2D eigenvalue weighted by molar-refractivity contribution is 5.81. The Bertz CT molecular complexity index is 801. The largest absolute Gasteiger partial charge is 0.481 e. The van der Waals surface area contributed by atoms with E-state index in [4.69, 9.17) is 4.74 Å². The maximum Gasteiger partial charge on any atom is 0.261 e. The molecule has 0 bridgehead atoms. The molecule has 2 heterocycles. The van der Waals surface area contributed by atoms with Crippen LogP contribution in [0.5, 0.6) is 5.75 Å². The number of para-hydroxylation sites is 1. The van der Waals surface area contributed by atoms with Gasteiger partial charge in [0.25, 0.3) is 5.91 Å². The molecule has 0 saturated carbocycles. The zero-order valence-electron chi connectivity index (χ0n) is 13.6. The van der Waals surface area contributed by atoms with Crippen molar-refractivity contribution in [3.8, 4) is 5.75 Å². The lowest BCUT2D eigenvalue weighted by Gasteiger charge is -2.17. The summed E-state index contributed by atoms with van der Waals surface area (Å²) in [7, 11) is 0. The number of hydrogen-bond donors (Lipinski definition) is 1. The molecule has 3 aromatic rings. The monoisotopic (exact) mass is 324 g/mol. The van der Waals surface area contributed by atoms with Crippen molar-refractivity contribution in [1.82, 2.24) is 19.9 Å². The molecule has 1 unspecified atom stereocenters. The van der Waals surface area contributed by atoms with E-state index in [2.05, 4.69) is 15.5 Å². The molecule has 0 aliphatic rings. The summed E-state index contributed by atoms with van der Waals surface area (Å²) in [6, 6.07) is 15.1. The fraction of sp³-hybridized carbons (Fsp3) is 0.278. The van der Waals surface area contributed by atoms with Gasteiger partial charge in [0.05, 0.1) is 0 Å². The SMILES string of the molecule is CCC(Oc1ccccc1)C(=O)NCCc1nnc2ccccn12. The molecule has 0 radical (unpaired) electrons. The second-order valence-electron chi connectivity index (χ2n) is 5.41. The molecule has 1 aromatic carbocycles. The summed E-state index contributed by atoms with van der Waals surface area (Å²) in [6.45, 7) is 2.42. The first-order chi connectivity index (χ1) is 11.8. The minimum absolute atomic E-state index is 0.116. The molecule has 1 N–H and O–H groups in total. The van der Waals surface area contributed by atoms with Crippen molar-refractivity contribution in [2.24, 2.45) is 0 Å².